The Kier molecular flexibility index (Phi) is 5.59. The van der Waals surface area contributed by atoms with Crippen molar-refractivity contribution in [1.82, 2.24) is 5.32 Å². The van der Waals surface area contributed by atoms with Crippen LogP contribution in [0.5, 0.6) is 0 Å². The van der Waals surface area contributed by atoms with Gasteiger partial charge in [0.15, 0.2) is 0 Å². The Morgan fingerprint density at radius 3 is 2.81 bits per heavy atom. The fourth-order valence-corrected chi connectivity index (χ4v) is 2.00. The lowest BCUT2D eigenvalue weighted by Crippen LogP contribution is -2.32. The SMILES string of the molecule is CC(CCCl)NC(=O)c1ccc(Cl)c(Br)c1. The first kappa shape index (κ1) is 13.8. The van der Waals surface area contributed by atoms with E-state index in [1.165, 1.54) is 0 Å². The van der Waals surface area contributed by atoms with Crippen LogP contribution in [0.4, 0.5) is 0 Å². The summed E-state index contributed by atoms with van der Waals surface area (Å²) in [5.74, 6) is 0.418. The topological polar surface area (TPSA) is 29.1 Å². The average Bonchev–Trinajstić information content (AvgIpc) is 2.22. The van der Waals surface area contributed by atoms with E-state index in [1.807, 2.05) is 6.92 Å². The first-order valence-electron chi connectivity index (χ1n) is 4.86. The van der Waals surface area contributed by atoms with Crippen LogP contribution in [-0.4, -0.2) is 17.8 Å². The first-order valence-corrected chi connectivity index (χ1v) is 6.57. The van der Waals surface area contributed by atoms with E-state index in [0.29, 0.717) is 20.9 Å². The number of carbonyl (C=O) groups excluding carboxylic acids is 1. The molecule has 1 unspecified atom stereocenters. The van der Waals surface area contributed by atoms with Crippen molar-refractivity contribution in [3.63, 3.8) is 0 Å². The maximum absolute atomic E-state index is 11.8. The average molecular weight is 325 g/mol. The van der Waals surface area contributed by atoms with E-state index in [4.69, 9.17) is 23.2 Å². The van der Waals surface area contributed by atoms with Crippen LogP contribution in [-0.2, 0) is 0 Å². The zero-order valence-corrected chi connectivity index (χ0v) is 11.9. The zero-order valence-electron chi connectivity index (χ0n) is 8.77. The van der Waals surface area contributed by atoms with Gasteiger partial charge in [-0.3, -0.25) is 4.79 Å². The highest BCUT2D eigenvalue weighted by Gasteiger charge is 2.10. The number of rotatable bonds is 4. The van der Waals surface area contributed by atoms with Gasteiger partial charge in [0.05, 0.1) is 5.02 Å². The van der Waals surface area contributed by atoms with Crippen molar-refractivity contribution in [2.45, 2.75) is 19.4 Å². The highest BCUT2D eigenvalue weighted by molar-refractivity contribution is 9.10. The molecule has 1 aromatic carbocycles. The summed E-state index contributed by atoms with van der Waals surface area (Å²) in [5.41, 5.74) is 0.581. The van der Waals surface area contributed by atoms with Gasteiger partial charge in [0.25, 0.3) is 5.91 Å². The molecule has 0 aliphatic heterocycles. The molecule has 0 fully saturated rings. The zero-order chi connectivity index (χ0) is 12.1. The van der Waals surface area contributed by atoms with Crippen LogP contribution < -0.4 is 5.32 Å². The monoisotopic (exact) mass is 323 g/mol. The summed E-state index contributed by atoms with van der Waals surface area (Å²) in [6.45, 7) is 1.92. The largest absolute Gasteiger partial charge is 0.350 e. The molecule has 1 aromatic rings. The van der Waals surface area contributed by atoms with Gasteiger partial charge < -0.3 is 5.32 Å². The number of amides is 1. The predicted molar refractivity (Wildman–Crippen MR) is 71.4 cm³/mol. The Morgan fingerprint density at radius 1 is 1.56 bits per heavy atom. The third kappa shape index (κ3) is 3.96. The normalized spacial score (nSPS) is 12.2. The van der Waals surface area contributed by atoms with Crippen LogP contribution >= 0.6 is 39.1 Å². The summed E-state index contributed by atoms with van der Waals surface area (Å²) < 4.78 is 0.715. The maximum Gasteiger partial charge on any atom is 0.251 e. The second kappa shape index (κ2) is 6.48. The molecule has 0 bridgehead atoms. The number of benzene rings is 1. The van der Waals surface area contributed by atoms with Crippen molar-refractivity contribution in [2.24, 2.45) is 0 Å². The van der Waals surface area contributed by atoms with E-state index in [1.54, 1.807) is 18.2 Å². The molecule has 0 radical (unpaired) electrons. The Bertz CT molecular complexity index is 384. The molecule has 0 spiro atoms. The van der Waals surface area contributed by atoms with Gasteiger partial charge in [-0.15, -0.1) is 11.6 Å². The van der Waals surface area contributed by atoms with E-state index < -0.39 is 0 Å². The van der Waals surface area contributed by atoms with Crippen molar-refractivity contribution < 1.29 is 4.79 Å². The minimum Gasteiger partial charge on any atom is -0.350 e. The van der Waals surface area contributed by atoms with Gasteiger partial charge in [0.1, 0.15) is 0 Å². The molecule has 16 heavy (non-hydrogen) atoms. The molecule has 88 valence electrons. The molecule has 0 aliphatic rings. The van der Waals surface area contributed by atoms with Gasteiger partial charge in [-0.05, 0) is 47.5 Å². The summed E-state index contributed by atoms with van der Waals surface area (Å²) >= 11 is 14.7. The quantitative estimate of drug-likeness (QED) is 0.837. The Morgan fingerprint density at radius 2 is 2.25 bits per heavy atom. The fraction of sp³-hybridized carbons (Fsp3) is 0.364. The number of halogens is 3. The third-order valence-corrected chi connectivity index (χ3v) is 3.53. The number of hydrogen-bond acceptors (Lipinski definition) is 1. The molecule has 1 amide bonds. The lowest BCUT2D eigenvalue weighted by atomic mass is 10.2. The standard InChI is InChI=1S/C11H12BrCl2NO/c1-7(4-5-13)15-11(16)8-2-3-10(14)9(12)6-8/h2-3,6-7H,4-5H2,1H3,(H,15,16). The van der Waals surface area contributed by atoms with E-state index in [2.05, 4.69) is 21.2 Å². The van der Waals surface area contributed by atoms with Gasteiger partial charge in [0.2, 0.25) is 0 Å². The Labute approximate surface area is 113 Å². The van der Waals surface area contributed by atoms with Crippen molar-refractivity contribution in [3.05, 3.63) is 33.3 Å². The molecule has 0 aliphatic carbocycles. The van der Waals surface area contributed by atoms with Crippen molar-refractivity contribution >= 4 is 45.0 Å². The highest BCUT2D eigenvalue weighted by atomic mass is 79.9. The van der Waals surface area contributed by atoms with Gasteiger partial charge in [-0.1, -0.05) is 11.6 Å². The van der Waals surface area contributed by atoms with Crippen molar-refractivity contribution in [2.75, 3.05) is 5.88 Å². The summed E-state index contributed by atoms with van der Waals surface area (Å²) in [7, 11) is 0. The van der Waals surface area contributed by atoms with E-state index in [0.717, 1.165) is 6.42 Å². The smallest absolute Gasteiger partial charge is 0.251 e. The van der Waals surface area contributed by atoms with Crippen LogP contribution in [0, 0.1) is 0 Å². The number of alkyl halides is 1. The molecule has 0 heterocycles. The highest BCUT2D eigenvalue weighted by Crippen LogP contribution is 2.23. The minimum atomic E-state index is -0.116. The van der Waals surface area contributed by atoms with Crippen molar-refractivity contribution in [3.8, 4) is 0 Å². The van der Waals surface area contributed by atoms with Gasteiger partial charge in [-0.2, -0.15) is 0 Å². The minimum absolute atomic E-state index is 0.0689. The van der Waals surface area contributed by atoms with Crippen LogP contribution in [0.25, 0.3) is 0 Å². The molecule has 0 saturated heterocycles. The van der Waals surface area contributed by atoms with E-state index in [9.17, 15) is 4.79 Å². The maximum atomic E-state index is 11.8. The molecule has 5 heteroatoms. The Hall–Kier alpha value is -0.250. The lowest BCUT2D eigenvalue weighted by molar-refractivity contribution is 0.0939. The molecule has 1 N–H and O–H groups in total. The van der Waals surface area contributed by atoms with Gasteiger partial charge in [-0.25, -0.2) is 0 Å². The predicted octanol–water partition coefficient (Wildman–Crippen LogP) is 3.85. The van der Waals surface area contributed by atoms with Crippen LogP contribution in [0.15, 0.2) is 22.7 Å². The Balaban J connectivity index is 2.69. The molecule has 1 rings (SSSR count). The summed E-state index contributed by atoms with van der Waals surface area (Å²) in [6.07, 6.45) is 0.752. The van der Waals surface area contributed by atoms with Crippen LogP contribution in [0.2, 0.25) is 5.02 Å². The second-order valence-corrected chi connectivity index (χ2v) is 5.12. The fourth-order valence-electron chi connectivity index (χ4n) is 1.18. The molecule has 1 atom stereocenters. The second-order valence-electron chi connectivity index (χ2n) is 3.48. The summed E-state index contributed by atoms with van der Waals surface area (Å²) in [5, 5.41) is 3.44. The van der Waals surface area contributed by atoms with Gasteiger partial charge in [0, 0.05) is 22.0 Å². The molecule has 2 nitrogen and oxygen atoms in total. The third-order valence-electron chi connectivity index (χ3n) is 2.10. The van der Waals surface area contributed by atoms with Crippen molar-refractivity contribution in [1.29, 1.82) is 0 Å². The van der Waals surface area contributed by atoms with E-state index >= 15 is 0 Å². The van der Waals surface area contributed by atoms with E-state index in [-0.39, 0.29) is 11.9 Å². The lowest BCUT2D eigenvalue weighted by Gasteiger charge is -2.12. The summed E-state index contributed by atoms with van der Waals surface area (Å²) in [6, 6.07) is 5.15. The van der Waals surface area contributed by atoms with Crippen LogP contribution in [0.3, 0.4) is 0 Å². The number of hydrogen-bond donors (Lipinski definition) is 1. The molecule has 0 saturated carbocycles. The number of carbonyl (C=O) groups is 1. The first-order chi connectivity index (χ1) is 7.54. The molecule has 0 aromatic heterocycles. The molecular formula is C11H12BrCl2NO. The molecular weight excluding hydrogens is 313 g/mol. The summed E-state index contributed by atoms with van der Waals surface area (Å²) in [4.78, 5) is 11.8. The van der Waals surface area contributed by atoms with Gasteiger partial charge >= 0.3 is 0 Å². The number of nitrogens with one attached hydrogen (secondary N) is 1. The van der Waals surface area contributed by atoms with Crippen LogP contribution in [0.1, 0.15) is 23.7 Å².